The molecule has 1 aromatic heterocycles. The zero-order valence-corrected chi connectivity index (χ0v) is 10.2. The third-order valence-corrected chi connectivity index (χ3v) is 2.77. The summed E-state index contributed by atoms with van der Waals surface area (Å²) >= 11 is 0. The second kappa shape index (κ2) is 5.36. The van der Waals surface area contributed by atoms with Crippen LogP contribution in [0.2, 0.25) is 0 Å². The predicted octanol–water partition coefficient (Wildman–Crippen LogP) is 2.99. The van der Waals surface area contributed by atoms with E-state index in [1.807, 2.05) is 0 Å². The minimum absolute atomic E-state index is 0.204. The van der Waals surface area contributed by atoms with E-state index in [1.54, 1.807) is 6.92 Å². The third kappa shape index (κ3) is 2.73. The van der Waals surface area contributed by atoms with Crippen molar-refractivity contribution in [3.63, 3.8) is 0 Å². The number of nitrogens with two attached hydrogens (primary N) is 1. The molecular weight excluding hydrogens is 255 g/mol. The molecule has 100 valence electrons. The molecule has 2 aromatic rings. The summed E-state index contributed by atoms with van der Waals surface area (Å²) in [6.45, 7) is 1.96. The van der Waals surface area contributed by atoms with E-state index in [2.05, 4.69) is 9.97 Å². The summed E-state index contributed by atoms with van der Waals surface area (Å²) in [5, 5.41) is 0. The Hall–Kier alpha value is -1.95. The van der Waals surface area contributed by atoms with Crippen molar-refractivity contribution >= 4 is 0 Å². The lowest BCUT2D eigenvalue weighted by Crippen LogP contribution is -2.05. The second-order valence-electron chi connectivity index (χ2n) is 4.03. The first kappa shape index (κ1) is 13.5. The normalized spacial score (nSPS) is 11.1. The molecule has 2 N–H and O–H groups in total. The van der Waals surface area contributed by atoms with Crippen LogP contribution in [0.1, 0.15) is 23.4 Å². The van der Waals surface area contributed by atoms with Crippen LogP contribution in [0, 0.1) is 12.7 Å². The SMILES string of the molecule is Cc1ncc(-c2ccc(F)c(C(F)F)c2)nc1CN. The van der Waals surface area contributed by atoms with Gasteiger partial charge in [0.1, 0.15) is 5.82 Å². The van der Waals surface area contributed by atoms with Gasteiger partial charge in [-0.3, -0.25) is 4.98 Å². The van der Waals surface area contributed by atoms with E-state index in [0.717, 1.165) is 12.1 Å². The Labute approximate surface area is 108 Å². The standard InChI is InChI=1S/C13H12F3N3/c1-7-11(5-17)19-12(6-18-7)8-2-3-10(14)9(4-8)13(15)16/h2-4,6,13H,5,17H2,1H3. The van der Waals surface area contributed by atoms with Gasteiger partial charge in [-0.15, -0.1) is 0 Å². The van der Waals surface area contributed by atoms with E-state index < -0.39 is 17.8 Å². The first-order valence-corrected chi connectivity index (χ1v) is 5.63. The maximum absolute atomic E-state index is 13.2. The monoisotopic (exact) mass is 267 g/mol. The lowest BCUT2D eigenvalue weighted by molar-refractivity contribution is 0.146. The predicted molar refractivity (Wildman–Crippen MR) is 65.0 cm³/mol. The minimum Gasteiger partial charge on any atom is -0.325 e. The summed E-state index contributed by atoms with van der Waals surface area (Å²) in [6, 6.07) is 3.47. The van der Waals surface area contributed by atoms with Gasteiger partial charge >= 0.3 is 0 Å². The maximum Gasteiger partial charge on any atom is 0.266 e. The number of hydrogen-bond donors (Lipinski definition) is 1. The van der Waals surface area contributed by atoms with Crippen molar-refractivity contribution in [2.45, 2.75) is 19.9 Å². The molecule has 0 atom stereocenters. The van der Waals surface area contributed by atoms with Crippen LogP contribution in [-0.4, -0.2) is 9.97 Å². The first-order valence-electron chi connectivity index (χ1n) is 5.63. The summed E-state index contributed by atoms with van der Waals surface area (Å²) < 4.78 is 38.5. The molecule has 0 spiro atoms. The van der Waals surface area contributed by atoms with E-state index in [-0.39, 0.29) is 6.54 Å². The molecule has 0 amide bonds. The fourth-order valence-corrected chi connectivity index (χ4v) is 1.69. The molecule has 0 saturated carbocycles. The Balaban J connectivity index is 2.50. The van der Waals surface area contributed by atoms with Crippen LogP contribution in [0.5, 0.6) is 0 Å². The first-order chi connectivity index (χ1) is 9.02. The van der Waals surface area contributed by atoms with Crippen LogP contribution in [0.25, 0.3) is 11.3 Å². The van der Waals surface area contributed by atoms with E-state index in [0.29, 0.717) is 22.6 Å². The Morgan fingerprint density at radius 3 is 2.68 bits per heavy atom. The molecule has 0 radical (unpaired) electrons. The Bertz CT molecular complexity index is 600. The van der Waals surface area contributed by atoms with Crippen LogP contribution < -0.4 is 5.73 Å². The number of aryl methyl sites for hydroxylation is 1. The number of alkyl halides is 2. The molecule has 0 unspecified atom stereocenters. The molecule has 2 rings (SSSR count). The van der Waals surface area contributed by atoms with E-state index in [9.17, 15) is 13.2 Å². The van der Waals surface area contributed by atoms with Gasteiger partial charge < -0.3 is 5.73 Å². The van der Waals surface area contributed by atoms with Crippen LogP contribution in [0.4, 0.5) is 13.2 Å². The highest BCUT2D eigenvalue weighted by molar-refractivity contribution is 5.59. The Kier molecular flexibility index (Phi) is 3.80. The van der Waals surface area contributed by atoms with Gasteiger partial charge in [0, 0.05) is 12.1 Å². The zero-order chi connectivity index (χ0) is 14.0. The quantitative estimate of drug-likeness (QED) is 0.930. The number of nitrogens with zero attached hydrogens (tertiary/aromatic N) is 2. The molecule has 6 heteroatoms. The van der Waals surface area contributed by atoms with Crippen molar-refractivity contribution in [2.24, 2.45) is 5.73 Å². The van der Waals surface area contributed by atoms with Gasteiger partial charge in [-0.05, 0) is 25.1 Å². The van der Waals surface area contributed by atoms with Crippen molar-refractivity contribution in [3.8, 4) is 11.3 Å². The van der Waals surface area contributed by atoms with E-state index >= 15 is 0 Å². The largest absolute Gasteiger partial charge is 0.325 e. The zero-order valence-electron chi connectivity index (χ0n) is 10.2. The summed E-state index contributed by atoms with van der Waals surface area (Å²) in [5.41, 5.74) is 6.92. The van der Waals surface area contributed by atoms with Crippen LogP contribution in [0.3, 0.4) is 0 Å². The van der Waals surface area contributed by atoms with Gasteiger partial charge in [-0.1, -0.05) is 0 Å². The van der Waals surface area contributed by atoms with Crippen LogP contribution >= 0.6 is 0 Å². The van der Waals surface area contributed by atoms with Crippen molar-refractivity contribution in [1.29, 1.82) is 0 Å². The number of rotatable bonds is 3. The third-order valence-electron chi connectivity index (χ3n) is 2.77. The van der Waals surface area contributed by atoms with Crippen LogP contribution in [0.15, 0.2) is 24.4 Å². The lowest BCUT2D eigenvalue weighted by atomic mass is 10.1. The van der Waals surface area contributed by atoms with E-state index in [4.69, 9.17) is 5.73 Å². The Morgan fingerprint density at radius 1 is 1.32 bits per heavy atom. The molecule has 0 saturated heterocycles. The number of halogens is 3. The van der Waals surface area contributed by atoms with E-state index in [1.165, 1.54) is 12.3 Å². The fourth-order valence-electron chi connectivity index (χ4n) is 1.69. The summed E-state index contributed by atoms with van der Waals surface area (Å²) in [5.74, 6) is -0.933. The average molecular weight is 267 g/mol. The Morgan fingerprint density at radius 2 is 2.05 bits per heavy atom. The highest BCUT2D eigenvalue weighted by Crippen LogP contribution is 2.27. The molecule has 0 fully saturated rings. The lowest BCUT2D eigenvalue weighted by Gasteiger charge is -2.08. The number of aromatic nitrogens is 2. The van der Waals surface area contributed by atoms with Gasteiger partial charge in [0.25, 0.3) is 6.43 Å². The molecule has 0 bridgehead atoms. The number of benzene rings is 1. The van der Waals surface area contributed by atoms with Crippen molar-refractivity contribution in [2.75, 3.05) is 0 Å². The fraction of sp³-hybridized carbons (Fsp3) is 0.231. The van der Waals surface area contributed by atoms with Gasteiger partial charge in [0.2, 0.25) is 0 Å². The average Bonchev–Trinajstić information content (AvgIpc) is 2.39. The molecule has 1 heterocycles. The summed E-state index contributed by atoms with van der Waals surface area (Å²) in [4.78, 5) is 8.34. The molecule has 19 heavy (non-hydrogen) atoms. The summed E-state index contributed by atoms with van der Waals surface area (Å²) in [7, 11) is 0. The second-order valence-corrected chi connectivity index (χ2v) is 4.03. The van der Waals surface area contributed by atoms with Crippen molar-refractivity contribution in [1.82, 2.24) is 9.97 Å². The highest BCUT2D eigenvalue weighted by atomic mass is 19.3. The molecule has 0 aliphatic carbocycles. The molecular formula is C13H12F3N3. The highest BCUT2D eigenvalue weighted by Gasteiger charge is 2.15. The van der Waals surface area contributed by atoms with Gasteiger partial charge in [-0.2, -0.15) is 0 Å². The van der Waals surface area contributed by atoms with Gasteiger partial charge in [-0.25, -0.2) is 18.2 Å². The molecule has 0 aliphatic heterocycles. The molecule has 1 aromatic carbocycles. The van der Waals surface area contributed by atoms with Crippen LogP contribution in [-0.2, 0) is 6.54 Å². The number of hydrogen-bond acceptors (Lipinski definition) is 3. The topological polar surface area (TPSA) is 51.8 Å². The smallest absolute Gasteiger partial charge is 0.266 e. The maximum atomic E-state index is 13.2. The van der Waals surface area contributed by atoms with Gasteiger partial charge in [0.15, 0.2) is 0 Å². The summed E-state index contributed by atoms with van der Waals surface area (Å²) in [6.07, 6.45) is -1.41. The van der Waals surface area contributed by atoms with Gasteiger partial charge in [0.05, 0.1) is 28.8 Å². The van der Waals surface area contributed by atoms with Crippen molar-refractivity contribution < 1.29 is 13.2 Å². The minimum atomic E-state index is -2.87. The van der Waals surface area contributed by atoms with Crippen molar-refractivity contribution in [3.05, 3.63) is 47.2 Å². The molecule has 0 aliphatic rings. The molecule has 3 nitrogen and oxygen atoms in total.